The standard InChI is InChI=1S/C10H15NO5/c12-2-1-11-10(14)6-3-7(13)9-8(4-6)15-5-16-9/h4,7-9,12-13H,1-3,5H2,(H,11,14)/t7-,8-,9+/m1/s1. The Kier molecular flexibility index (Phi) is 3.55. The lowest BCUT2D eigenvalue weighted by Gasteiger charge is -2.26. The molecule has 6 nitrogen and oxygen atoms in total. The van der Waals surface area contributed by atoms with Crippen LogP contribution in [0.2, 0.25) is 0 Å². The molecule has 1 amide bonds. The van der Waals surface area contributed by atoms with E-state index in [4.69, 9.17) is 14.6 Å². The lowest BCUT2D eigenvalue weighted by Crippen LogP contribution is -2.41. The molecule has 0 radical (unpaired) electrons. The van der Waals surface area contributed by atoms with Gasteiger partial charge in [-0.3, -0.25) is 4.79 Å². The lowest BCUT2D eigenvalue weighted by atomic mass is 9.92. The van der Waals surface area contributed by atoms with Crippen molar-refractivity contribution >= 4 is 5.91 Å². The van der Waals surface area contributed by atoms with Crippen LogP contribution in [-0.4, -0.2) is 54.4 Å². The number of carbonyl (C=O) groups excluding carboxylic acids is 1. The van der Waals surface area contributed by atoms with Gasteiger partial charge in [-0.05, 0) is 6.08 Å². The number of rotatable bonds is 3. The average Bonchev–Trinajstić information content (AvgIpc) is 2.74. The Morgan fingerprint density at radius 2 is 2.38 bits per heavy atom. The zero-order valence-corrected chi connectivity index (χ0v) is 8.76. The molecule has 0 bridgehead atoms. The maximum atomic E-state index is 11.6. The van der Waals surface area contributed by atoms with Gasteiger partial charge in [0.15, 0.2) is 0 Å². The van der Waals surface area contributed by atoms with E-state index >= 15 is 0 Å². The minimum atomic E-state index is -0.715. The first-order chi connectivity index (χ1) is 7.72. The molecular weight excluding hydrogens is 214 g/mol. The smallest absolute Gasteiger partial charge is 0.247 e. The summed E-state index contributed by atoms with van der Waals surface area (Å²) in [6.07, 6.45) is 0.499. The molecule has 1 aliphatic heterocycles. The SMILES string of the molecule is O=C(NCCO)C1=C[C@H]2OCO[C@H]2[C@H](O)C1. The van der Waals surface area contributed by atoms with E-state index in [0.717, 1.165) is 0 Å². The number of aliphatic hydroxyl groups excluding tert-OH is 2. The van der Waals surface area contributed by atoms with Crippen LogP contribution < -0.4 is 5.32 Å². The third-order valence-electron chi connectivity index (χ3n) is 2.71. The topological polar surface area (TPSA) is 88.0 Å². The molecule has 0 saturated carbocycles. The average molecular weight is 229 g/mol. The van der Waals surface area contributed by atoms with Crippen LogP contribution in [0.3, 0.4) is 0 Å². The molecule has 3 atom stereocenters. The normalized spacial score (nSPS) is 33.1. The fourth-order valence-electron chi connectivity index (χ4n) is 1.92. The Hall–Kier alpha value is -0.950. The van der Waals surface area contributed by atoms with Crippen molar-refractivity contribution in [2.45, 2.75) is 24.7 Å². The van der Waals surface area contributed by atoms with Crippen LogP contribution in [0.4, 0.5) is 0 Å². The van der Waals surface area contributed by atoms with Crippen molar-refractivity contribution in [2.75, 3.05) is 19.9 Å². The van der Waals surface area contributed by atoms with E-state index in [0.29, 0.717) is 5.57 Å². The van der Waals surface area contributed by atoms with E-state index in [1.165, 1.54) is 0 Å². The van der Waals surface area contributed by atoms with Gasteiger partial charge in [0.1, 0.15) is 19.0 Å². The van der Waals surface area contributed by atoms with Crippen molar-refractivity contribution in [1.29, 1.82) is 0 Å². The molecule has 90 valence electrons. The minimum absolute atomic E-state index is 0.104. The summed E-state index contributed by atoms with van der Waals surface area (Å²) in [6.45, 7) is 0.249. The van der Waals surface area contributed by atoms with E-state index in [9.17, 15) is 9.90 Å². The Balaban J connectivity index is 2.02. The van der Waals surface area contributed by atoms with Crippen molar-refractivity contribution in [2.24, 2.45) is 0 Å². The van der Waals surface area contributed by atoms with Crippen molar-refractivity contribution in [3.63, 3.8) is 0 Å². The van der Waals surface area contributed by atoms with Crippen LogP contribution in [0.15, 0.2) is 11.6 Å². The van der Waals surface area contributed by atoms with Gasteiger partial charge in [0.2, 0.25) is 5.91 Å². The molecule has 3 N–H and O–H groups in total. The molecule has 0 unspecified atom stereocenters. The van der Waals surface area contributed by atoms with Crippen LogP contribution in [0, 0.1) is 0 Å². The van der Waals surface area contributed by atoms with Crippen LogP contribution in [0.5, 0.6) is 0 Å². The number of aliphatic hydroxyl groups is 2. The van der Waals surface area contributed by atoms with Gasteiger partial charge in [0.05, 0.1) is 12.7 Å². The highest BCUT2D eigenvalue weighted by molar-refractivity contribution is 5.93. The number of carbonyl (C=O) groups is 1. The Labute approximate surface area is 92.8 Å². The number of fused-ring (bicyclic) bond motifs is 1. The van der Waals surface area contributed by atoms with E-state index in [1.807, 2.05) is 0 Å². The highest BCUT2D eigenvalue weighted by Gasteiger charge is 2.39. The van der Waals surface area contributed by atoms with Crippen molar-refractivity contribution in [3.8, 4) is 0 Å². The first-order valence-electron chi connectivity index (χ1n) is 5.23. The lowest BCUT2D eigenvalue weighted by molar-refractivity contribution is -0.118. The molecule has 0 aromatic carbocycles. The largest absolute Gasteiger partial charge is 0.395 e. The summed E-state index contributed by atoms with van der Waals surface area (Å²) < 4.78 is 10.4. The predicted molar refractivity (Wildman–Crippen MR) is 53.4 cm³/mol. The molecular formula is C10H15NO5. The zero-order chi connectivity index (χ0) is 11.5. The summed E-state index contributed by atoms with van der Waals surface area (Å²) in [5.41, 5.74) is 0.479. The second-order valence-electron chi connectivity index (χ2n) is 3.82. The Bertz CT molecular complexity index is 304. The van der Waals surface area contributed by atoms with Gasteiger partial charge in [0, 0.05) is 18.5 Å². The molecule has 1 saturated heterocycles. The summed E-state index contributed by atoms with van der Waals surface area (Å²) in [7, 11) is 0. The van der Waals surface area contributed by atoms with Gasteiger partial charge < -0.3 is 25.0 Å². The third-order valence-corrected chi connectivity index (χ3v) is 2.71. The first-order valence-corrected chi connectivity index (χ1v) is 5.23. The molecule has 1 fully saturated rings. The van der Waals surface area contributed by atoms with Crippen molar-refractivity contribution < 1.29 is 24.5 Å². The fourth-order valence-corrected chi connectivity index (χ4v) is 1.92. The van der Waals surface area contributed by atoms with Crippen molar-refractivity contribution in [1.82, 2.24) is 5.32 Å². The Morgan fingerprint density at radius 1 is 1.56 bits per heavy atom. The van der Waals surface area contributed by atoms with Crippen LogP contribution >= 0.6 is 0 Å². The van der Waals surface area contributed by atoms with Crippen LogP contribution in [0.25, 0.3) is 0 Å². The minimum Gasteiger partial charge on any atom is -0.395 e. The molecule has 0 aromatic rings. The predicted octanol–water partition coefficient (Wildman–Crippen LogP) is -1.47. The molecule has 2 aliphatic rings. The van der Waals surface area contributed by atoms with Gasteiger partial charge in [-0.2, -0.15) is 0 Å². The fraction of sp³-hybridized carbons (Fsp3) is 0.700. The summed E-state index contributed by atoms with van der Waals surface area (Å²) in [6, 6.07) is 0. The number of ether oxygens (including phenoxy) is 2. The summed E-state index contributed by atoms with van der Waals surface area (Å²) in [4.78, 5) is 11.6. The van der Waals surface area contributed by atoms with E-state index in [2.05, 4.69) is 5.32 Å². The van der Waals surface area contributed by atoms with Gasteiger partial charge in [-0.25, -0.2) is 0 Å². The van der Waals surface area contributed by atoms with E-state index in [1.54, 1.807) is 6.08 Å². The van der Waals surface area contributed by atoms with E-state index < -0.39 is 6.10 Å². The quantitative estimate of drug-likeness (QED) is 0.550. The van der Waals surface area contributed by atoms with E-state index in [-0.39, 0.29) is 44.5 Å². The molecule has 16 heavy (non-hydrogen) atoms. The summed E-state index contributed by atoms with van der Waals surface area (Å²) in [5, 5.41) is 20.9. The van der Waals surface area contributed by atoms with Gasteiger partial charge in [0.25, 0.3) is 0 Å². The highest BCUT2D eigenvalue weighted by atomic mass is 16.7. The molecule has 6 heteroatoms. The number of hydrogen-bond acceptors (Lipinski definition) is 5. The van der Waals surface area contributed by atoms with Gasteiger partial charge >= 0.3 is 0 Å². The molecule has 2 rings (SSSR count). The monoisotopic (exact) mass is 229 g/mol. The number of amides is 1. The summed E-state index contributed by atoms with van der Waals surface area (Å²) >= 11 is 0. The van der Waals surface area contributed by atoms with Gasteiger partial charge in [-0.1, -0.05) is 0 Å². The number of nitrogens with one attached hydrogen (secondary N) is 1. The van der Waals surface area contributed by atoms with Crippen molar-refractivity contribution in [3.05, 3.63) is 11.6 Å². The second kappa shape index (κ2) is 4.92. The third kappa shape index (κ3) is 2.25. The maximum Gasteiger partial charge on any atom is 0.247 e. The first kappa shape index (κ1) is 11.5. The molecule has 0 spiro atoms. The molecule has 1 heterocycles. The summed E-state index contributed by atoms with van der Waals surface area (Å²) in [5.74, 6) is -0.276. The highest BCUT2D eigenvalue weighted by Crippen LogP contribution is 2.27. The van der Waals surface area contributed by atoms with Gasteiger partial charge in [-0.15, -0.1) is 0 Å². The number of hydrogen-bond donors (Lipinski definition) is 3. The molecule has 1 aliphatic carbocycles. The maximum absolute atomic E-state index is 11.6. The Morgan fingerprint density at radius 3 is 3.12 bits per heavy atom. The van der Waals surface area contributed by atoms with Crippen LogP contribution in [0.1, 0.15) is 6.42 Å². The zero-order valence-electron chi connectivity index (χ0n) is 8.76. The van der Waals surface area contributed by atoms with Crippen LogP contribution in [-0.2, 0) is 14.3 Å². The molecule has 0 aromatic heterocycles. The second-order valence-corrected chi connectivity index (χ2v) is 3.82.